The Morgan fingerprint density at radius 3 is 2.40 bits per heavy atom. The maximum absolute atomic E-state index is 12.6. The zero-order chi connectivity index (χ0) is 8.15. The summed E-state index contributed by atoms with van der Waals surface area (Å²) >= 11 is 2.96. The van der Waals surface area contributed by atoms with Gasteiger partial charge >= 0.3 is 0 Å². The van der Waals surface area contributed by atoms with Crippen LogP contribution in [0.5, 0.6) is 0 Å². The predicted molar refractivity (Wildman–Crippen MR) is 43.4 cm³/mol. The van der Waals surface area contributed by atoms with Crippen LogP contribution in [0.15, 0.2) is 35.3 Å². The molecule has 0 spiro atoms. The molecule has 0 atom stereocenters. The standard InChI is InChI=1S/C7H8BrFO/c1-5(8)4-7(9)6(2)10-3/h4H,1-2H2,3H3/b7-4+. The number of halogens is 2. The second-order valence-electron chi connectivity index (χ2n) is 1.57. The molecule has 56 valence electrons. The summed E-state index contributed by atoms with van der Waals surface area (Å²) in [7, 11) is 1.35. The zero-order valence-electron chi connectivity index (χ0n) is 5.66. The molecular formula is C7H8BrFO. The van der Waals surface area contributed by atoms with E-state index in [2.05, 4.69) is 33.8 Å². The Bertz CT molecular complexity index is 184. The lowest BCUT2D eigenvalue weighted by Gasteiger charge is -1.98. The molecule has 0 radical (unpaired) electrons. The topological polar surface area (TPSA) is 9.23 Å². The summed E-state index contributed by atoms with van der Waals surface area (Å²) in [6.45, 7) is 6.71. The van der Waals surface area contributed by atoms with Crippen molar-refractivity contribution in [2.75, 3.05) is 7.11 Å². The minimum absolute atomic E-state index is 0.000556. The van der Waals surface area contributed by atoms with Crippen molar-refractivity contribution < 1.29 is 9.13 Å². The third kappa shape index (κ3) is 3.45. The van der Waals surface area contributed by atoms with E-state index >= 15 is 0 Å². The fourth-order valence-corrected chi connectivity index (χ4v) is 0.516. The van der Waals surface area contributed by atoms with E-state index in [4.69, 9.17) is 0 Å². The van der Waals surface area contributed by atoms with Gasteiger partial charge in [-0.2, -0.15) is 0 Å². The van der Waals surface area contributed by atoms with Gasteiger partial charge in [-0.05, 0) is 6.08 Å². The molecule has 0 aliphatic heterocycles. The second kappa shape index (κ2) is 4.28. The first kappa shape index (κ1) is 9.43. The summed E-state index contributed by atoms with van der Waals surface area (Å²) in [6.07, 6.45) is 1.19. The van der Waals surface area contributed by atoms with Gasteiger partial charge in [0.1, 0.15) is 5.76 Å². The molecule has 0 amide bonds. The average Bonchev–Trinajstić information content (AvgIpc) is 1.85. The Kier molecular flexibility index (Phi) is 4.03. The van der Waals surface area contributed by atoms with Gasteiger partial charge in [0.05, 0.1) is 7.11 Å². The summed E-state index contributed by atoms with van der Waals surface area (Å²) in [5.74, 6) is -0.523. The summed E-state index contributed by atoms with van der Waals surface area (Å²) in [5, 5.41) is 0. The van der Waals surface area contributed by atoms with E-state index in [0.29, 0.717) is 4.48 Å². The van der Waals surface area contributed by atoms with Crippen LogP contribution >= 0.6 is 15.9 Å². The first-order chi connectivity index (χ1) is 4.57. The summed E-state index contributed by atoms with van der Waals surface area (Å²) in [6, 6.07) is 0. The highest BCUT2D eigenvalue weighted by molar-refractivity contribution is 9.11. The molecule has 0 N–H and O–H groups in total. The Labute approximate surface area is 68.0 Å². The summed E-state index contributed by atoms with van der Waals surface area (Å²) in [4.78, 5) is 0. The van der Waals surface area contributed by atoms with Crippen molar-refractivity contribution in [1.29, 1.82) is 0 Å². The summed E-state index contributed by atoms with van der Waals surface area (Å²) in [5.41, 5.74) is 0. The minimum Gasteiger partial charge on any atom is -0.494 e. The highest BCUT2D eigenvalue weighted by Crippen LogP contribution is 2.14. The molecule has 0 aromatic carbocycles. The van der Waals surface area contributed by atoms with Crippen LogP contribution in [0.2, 0.25) is 0 Å². The Balaban J connectivity index is 4.19. The third-order valence-corrected chi connectivity index (χ3v) is 1.03. The molecule has 1 nitrogen and oxygen atoms in total. The normalized spacial score (nSPS) is 10.9. The molecule has 0 aromatic heterocycles. The first-order valence-corrected chi connectivity index (χ1v) is 3.32. The maximum atomic E-state index is 12.6. The number of hydrogen-bond acceptors (Lipinski definition) is 1. The van der Waals surface area contributed by atoms with Crippen LogP contribution in [0, 0.1) is 0 Å². The molecular weight excluding hydrogens is 199 g/mol. The monoisotopic (exact) mass is 206 g/mol. The van der Waals surface area contributed by atoms with Gasteiger partial charge in [0.25, 0.3) is 0 Å². The number of allylic oxidation sites excluding steroid dienone is 3. The van der Waals surface area contributed by atoms with E-state index in [1.165, 1.54) is 13.2 Å². The largest absolute Gasteiger partial charge is 0.494 e. The van der Waals surface area contributed by atoms with Gasteiger partial charge in [-0.15, -0.1) is 0 Å². The Morgan fingerprint density at radius 2 is 2.10 bits per heavy atom. The van der Waals surface area contributed by atoms with Crippen LogP contribution in [0.1, 0.15) is 0 Å². The van der Waals surface area contributed by atoms with Gasteiger partial charge in [-0.1, -0.05) is 29.1 Å². The molecule has 0 fully saturated rings. The van der Waals surface area contributed by atoms with Crippen molar-refractivity contribution in [3.05, 3.63) is 35.3 Å². The molecule has 0 heterocycles. The maximum Gasteiger partial charge on any atom is 0.165 e. The quantitative estimate of drug-likeness (QED) is 0.510. The average molecular weight is 207 g/mol. The van der Waals surface area contributed by atoms with E-state index in [9.17, 15) is 4.39 Å². The van der Waals surface area contributed by atoms with E-state index in [-0.39, 0.29) is 5.76 Å². The molecule has 10 heavy (non-hydrogen) atoms. The number of hydrogen-bond donors (Lipinski definition) is 0. The molecule has 0 saturated carbocycles. The van der Waals surface area contributed by atoms with Crippen molar-refractivity contribution in [2.45, 2.75) is 0 Å². The van der Waals surface area contributed by atoms with Gasteiger partial charge in [0.15, 0.2) is 5.83 Å². The second-order valence-corrected chi connectivity index (χ2v) is 2.59. The zero-order valence-corrected chi connectivity index (χ0v) is 7.24. The minimum atomic E-state index is -0.524. The molecule has 3 heteroatoms. The lowest BCUT2D eigenvalue weighted by Crippen LogP contribution is -1.83. The van der Waals surface area contributed by atoms with Crippen LogP contribution in [0.4, 0.5) is 4.39 Å². The molecule has 0 aromatic rings. The van der Waals surface area contributed by atoms with Gasteiger partial charge in [-0.3, -0.25) is 0 Å². The van der Waals surface area contributed by atoms with Crippen molar-refractivity contribution in [3.63, 3.8) is 0 Å². The predicted octanol–water partition coefficient (Wildman–Crippen LogP) is 2.91. The lowest BCUT2D eigenvalue weighted by atomic mass is 10.4. The van der Waals surface area contributed by atoms with Gasteiger partial charge < -0.3 is 4.74 Å². The van der Waals surface area contributed by atoms with Crippen molar-refractivity contribution in [3.8, 4) is 0 Å². The molecule has 0 aliphatic carbocycles. The van der Waals surface area contributed by atoms with Crippen LogP contribution in [0.3, 0.4) is 0 Å². The molecule has 0 unspecified atom stereocenters. The highest BCUT2D eigenvalue weighted by atomic mass is 79.9. The van der Waals surface area contributed by atoms with Gasteiger partial charge in [-0.25, -0.2) is 4.39 Å². The summed E-state index contributed by atoms with van der Waals surface area (Å²) < 4.78 is 17.6. The van der Waals surface area contributed by atoms with Crippen LogP contribution in [-0.4, -0.2) is 7.11 Å². The SMILES string of the molecule is C=C(Br)/C=C(/F)C(=C)OC. The van der Waals surface area contributed by atoms with E-state index in [1.807, 2.05) is 0 Å². The Morgan fingerprint density at radius 1 is 1.60 bits per heavy atom. The number of methoxy groups -OCH3 is 1. The van der Waals surface area contributed by atoms with E-state index in [0.717, 1.165) is 0 Å². The lowest BCUT2D eigenvalue weighted by molar-refractivity contribution is 0.285. The van der Waals surface area contributed by atoms with Crippen LogP contribution in [0.25, 0.3) is 0 Å². The van der Waals surface area contributed by atoms with Crippen molar-refractivity contribution in [1.82, 2.24) is 0 Å². The Hall–Kier alpha value is -0.570. The fourth-order valence-electron chi connectivity index (χ4n) is 0.315. The number of ether oxygens (including phenoxy) is 1. The van der Waals surface area contributed by atoms with Gasteiger partial charge in [0.2, 0.25) is 0 Å². The number of rotatable bonds is 3. The third-order valence-electron chi connectivity index (χ3n) is 0.796. The molecule has 0 rings (SSSR count). The van der Waals surface area contributed by atoms with Crippen molar-refractivity contribution >= 4 is 15.9 Å². The van der Waals surface area contributed by atoms with Crippen LogP contribution < -0.4 is 0 Å². The van der Waals surface area contributed by atoms with Crippen molar-refractivity contribution in [2.24, 2.45) is 0 Å². The smallest absolute Gasteiger partial charge is 0.165 e. The van der Waals surface area contributed by atoms with Crippen LogP contribution in [-0.2, 0) is 4.74 Å². The fraction of sp³-hybridized carbons (Fsp3) is 0.143. The first-order valence-electron chi connectivity index (χ1n) is 2.52. The van der Waals surface area contributed by atoms with Gasteiger partial charge in [0, 0.05) is 4.48 Å². The van der Waals surface area contributed by atoms with E-state index in [1.54, 1.807) is 0 Å². The highest BCUT2D eigenvalue weighted by Gasteiger charge is 1.98. The molecule has 0 bridgehead atoms. The van der Waals surface area contributed by atoms with E-state index < -0.39 is 5.83 Å². The molecule has 0 saturated heterocycles. The molecule has 0 aliphatic rings.